The molecule has 0 atom stereocenters. The van der Waals surface area contributed by atoms with Gasteiger partial charge in [-0.15, -0.1) is 0 Å². The zero-order valence-electron chi connectivity index (χ0n) is 12.4. The molecule has 0 unspecified atom stereocenters. The minimum absolute atomic E-state index is 0.0530. The number of para-hydroxylation sites is 1. The predicted octanol–water partition coefficient (Wildman–Crippen LogP) is 1.18. The number of carbonyl (C=O) groups excluding carboxylic acids is 1. The van der Waals surface area contributed by atoms with E-state index < -0.39 is 0 Å². The molecule has 5 heteroatoms. The summed E-state index contributed by atoms with van der Waals surface area (Å²) in [5, 5.41) is 3.03. The van der Waals surface area contributed by atoms with Gasteiger partial charge in [-0.1, -0.05) is 18.2 Å². The van der Waals surface area contributed by atoms with E-state index in [1.54, 1.807) is 0 Å². The molecule has 21 heavy (non-hydrogen) atoms. The van der Waals surface area contributed by atoms with Gasteiger partial charge in [0.05, 0.1) is 0 Å². The molecule has 114 valence electrons. The average Bonchev–Trinajstić information content (AvgIpc) is 2.67. The van der Waals surface area contributed by atoms with Crippen LogP contribution in [0.25, 0.3) is 0 Å². The maximum absolute atomic E-state index is 12.5. The third-order valence-electron chi connectivity index (χ3n) is 4.51. The molecule has 0 aliphatic carbocycles. The van der Waals surface area contributed by atoms with Gasteiger partial charge in [0, 0.05) is 44.5 Å². The third-order valence-corrected chi connectivity index (χ3v) is 4.51. The number of amides is 2. The minimum atomic E-state index is 0.0530. The molecule has 2 amide bonds. The molecule has 3 rings (SSSR count). The van der Waals surface area contributed by atoms with E-state index in [2.05, 4.69) is 28.4 Å². The summed E-state index contributed by atoms with van der Waals surface area (Å²) >= 11 is 0. The third kappa shape index (κ3) is 3.04. The summed E-state index contributed by atoms with van der Waals surface area (Å²) in [6.07, 6.45) is 2.94. The molecule has 5 nitrogen and oxygen atoms in total. The smallest absolute Gasteiger partial charge is 0.322 e. The van der Waals surface area contributed by atoms with Crippen LogP contribution in [0, 0.1) is 0 Å². The second kappa shape index (κ2) is 6.45. The van der Waals surface area contributed by atoms with Gasteiger partial charge >= 0.3 is 6.03 Å². The van der Waals surface area contributed by atoms with Crippen molar-refractivity contribution in [2.75, 3.05) is 37.6 Å². The lowest BCUT2D eigenvalue weighted by Gasteiger charge is -2.38. The number of hydrogen-bond acceptors (Lipinski definition) is 3. The van der Waals surface area contributed by atoms with Crippen LogP contribution in [0.5, 0.6) is 0 Å². The van der Waals surface area contributed by atoms with Gasteiger partial charge in [0.1, 0.15) is 0 Å². The van der Waals surface area contributed by atoms with Crippen molar-refractivity contribution in [1.82, 2.24) is 10.2 Å². The lowest BCUT2D eigenvalue weighted by molar-refractivity contribution is 0.208. The summed E-state index contributed by atoms with van der Waals surface area (Å²) in [6.45, 7) is 4.42. The number of likely N-dealkylation sites (tertiary alicyclic amines) is 1. The van der Waals surface area contributed by atoms with Crippen LogP contribution in [0.15, 0.2) is 24.3 Å². The van der Waals surface area contributed by atoms with Crippen LogP contribution in [-0.4, -0.2) is 49.7 Å². The van der Waals surface area contributed by atoms with Gasteiger partial charge < -0.3 is 16.0 Å². The Morgan fingerprint density at radius 1 is 1.24 bits per heavy atom. The number of benzene rings is 1. The first-order chi connectivity index (χ1) is 10.3. The Bertz CT molecular complexity index is 497. The fraction of sp³-hybridized carbons (Fsp3) is 0.562. The monoisotopic (exact) mass is 288 g/mol. The first kappa shape index (κ1) is 14.4. The van der Waals surface area contributed by atoms with E-state index >= 15 is 0 Å². The van der Waals surface area contributed by atoms with Crippen LogP contribution in [0.4, 0.5) is 10.5 Å². The van der Waals surface area contributed by atoms with Crippen molar-refractivity contribution >= 4 is 11.7 Å². The molecule has 1 saturated heterocycles. The summed E-state index contributed by atoms with van der Waals surface area (Å²) in [4.78, 5) is 16.8. The number of rotatable bonds is 3. The maximum atomic E-state index is 12.5. The molecule has 1 aromatic rings. The molecule has 0 radical (unpaired) electrons. The zero-order valence-corrected chi connectivity index (χ0v) is 12.4. The normalized spacial score (nSPS) is 20.8. The molecule has 2 aliphatic rings. The topological polar surface area (TPSA) is 61.6 Å². The van der Waals surface area contributed by atoms with Gasteiger partial charge in [0.2, 0.25) is 0 Å². The predicted molar refractivity (Wildman–Crippen MR) is 84.5 cm³/mol. The quantitative estimate of drug-likeness (QED) is 0.878. The van der Waals surface area contributed by atoms with Gasteiger partial charge in [-0.2, -0.15) is 0 Å². The minimum Gasteiger partial charge on any atom is -0.337 e. The summed E-state index contributed by atoms with van der Waals surface area (Å²) in [5.41, 5.74) is 7.98. The van der Waals surface area contributed by atoms with E-state index in [-0.39, 0.29) is 6.03 Å². The highest BCUT2D eigenvalue weighted by atomic mass is 16.2. The van der Waals surface area contributed by atoms with E-state index in [9.17, 15) is 4.79 Å². The van der Waals surface area contributed by atoms with E-state index in [0.717, 1.165) is 51.1 Å². The van der Waals surface area contributed by atoms with E-state index in [1.807, 2.05) is 11.0 Å². The van der Waals surface area contributed by atoms with Crippen LogP contribution in [-0.2, 0) is 6.42 Å². The van der Waals surface area contributed by atoms with Crippen molar-refractivity contribution in [1.29, 1.82) is 0 Å². The summed E-state index contributed by atoms with van der Waals surface area (Å²) in [6, 6.07) is 8.62. The molecule has 0 bridgehead atoms. The van der Waals surface area contributed by atoms with Crippen molar-refractivity contribution in [2.24, 2.45) is 5.73 Å². The van der Waals surface area contributed by atoms with Gasteiger partial charge in [0.15, 0.2) is 0 Å². The highest BCUT2D eigenvalue weighted by molar-refractivity contribution is 5.94. The fourth-order valence-corrected chi connectivity index (χ4v) is 3.40. The Morgan fingerprint density at radius 2 is 2.00 bits per heavy atom. The van der Waals surface area contributed by atoms with Crippen molar-refractivity contribution in [3.63, 3.8) is 0 Å². The number of hydrogen-bond donors (Lipinski definition) is 2. The summed E-state index contributed by atoms with van der Waals surface area (Å²) in [5.74, 6) is 0. The highest BCUT2D eigenvalue weighted by Crippen LogP contribution is 2.28. The summed E-state index contributed by atoms with van der Waals surface area (Å²) < 4.78 is 0. The number of nitrogens with one attached hydrogen (secondary N) is 1. The van der Waals surface area contributed by atoms with Crippen LogP contribution in [0.1, 0.15) is 18.4 Å². The molecular formula is C16H24N4O. The Hall–Kier alpha value is -1.59. The second-order valence-electron chi connectivity index (χ2n) is 5.84. The lowest BCUT2D eigenvalue weighted by Crippen LogP contribution is -2.51. The molecule has 1 fully saturated rings. The van der Waals surface area contributed by atoms with Gasteiger partial charge in [-0.25, -0.2) is 4.79 Å². The molecule has 0 spiro atoms. The number of fused-ring (bicyclic) bond motifs is 1. The Kier molecular flexibility index (Phi) is 4.41. The Balaban J connectivity index is 1.79. The van der Waals surface area contributed by atoms with Crippen molar-refractivity contribution < 1.29 is 4.79 Å². The Morgan fingerprint density at radius 3 is 2.76 bits per heavy atom. The molecule has 0 saturated carbocycles. The van der Waals surface area contributed by atoms with Crippen LogP contribution >= 0.6 is 0 Å². The Labute approximate surface area is 126 Å². The standard InChI is InChI=1S/C16H24N4O/c17-8-12-19-10-6-14(7-11-19)20-15-4-2-1-3-13(15)5-9-18-16(20)21/h1-4,14H,5-12,17H2,(H,18,21). The largest absolute Gasteiger partial charge is 0.337 e. The molecular weight excluding hydrogens is 264 g/mol. The van der Waals surface area contributed by atoms with E-state index in [0.29, 0.717) is 12.6 Å². The van der Waals surface area contributed by atoms with E-state index in [1.165, 1.54) is 5.56 Å². The van der Waals surface area contributed by atoms with Gasteiger partial charge in [-0.3, -0.25) is 4.90 Å². The molecule has 1 aromatic carbocycles. The first-order valence-electron chi connectivity index (χ1n) is 7.87. The molecule has 2 aliphatic heterocycles. The lowest BCUT2D eigenvalue weighted by atomic mass is 10.0. The number of nitrogens with two attached hydrogens (primary N) is 1. The highest BCUT2D eigenvalue weighted by Gasteiger charge is 2.31. The zero-order chi connectivity index (χ0) is 14.7. The van der Waals surface area contributed by atoms with Crippen molar-refractivity contribution in [3.8, 4) is 0 Å². The van der Waals surface area contributed by atoms with Crippen molar-refractivity contribution in [3.05, 3.63) is 29.8 Å². The van der Waals surface area contributed by atoms with Crippen LogP contribution in [0.3, 0.4) is 0 Å². The fourth-order valence-electron chi connectivity index (χ4n) is 3.40. The molecule has 3 N–H and O–H groups in total. The number of carbonyl (C=O) groups is 1. The van der Waals surface area contributed by atoms with Crippen molar-refractivity contribution in [2.45, 2.75) is 25.3 Å². The first-order valence-corrected chi connectivity index (χ1v) is 7.87. The van der Waals surface area contributed by atoms with Crippen LogP contribution in [0.2, 0.25) is 0 Å². The van der Waals surface area contributed by atoms with E-state index in [4.69, 9.17) is 5.73 Å². The van der Waals surface area contributed by atoms with Gasteiger partial charge in [-0.05, 0) is 30.9 Å². The second-order valence-corrected chi connectivity index (χ2v) is 5.84. The maximum Gasteiger partial charge on any atom is 0.322 e. The van der Waals surface area contributed by atoms with Crippen LogP contribution < -0.4 is 16.0 Å². The number of nitrogens with zero attached hydrogens (tertiary/aromatic N) is 2. The van der Waals surface area contributed by atoms with Gasteiger partial charge in [0.25, 0.3) is 0 Å². The number of urea groups is 1. The summed E-state index contributed by atoms with van der Waals surface area (Å²) in [7, 11) is 0. The number of piperidine rings is 1. The molecule has 0 aromatic heterocycles. The SMILES string of the molecule is NCCN1CCC(N2C(=O)NCCc3ccccc32)CC1. The average molecular weight is 288 g/mol. The number of anilines is 1. The molecule has 2 heterocycles.